The summed E-state index contributed by atoms with van der Waals surface area (Å²) in [4.78, 5) is 40.6. The van der Waals surface area contributed by atoms with Gasteiger partial charge in [-0.2, -0.15) is 9.97 Å². The molecule has 0 radical (unpaired) electrons. The molecule has 4 fully saturated rings. The van der Waals surface area contributed by atoms with Crippen LogP contribution >= 0.6 is 0 Å². The van der Waals surface area contributed by atoms with E-state index in [0.717, 1.165) is 66.0 Å². The number of rotatable bonds is 15. The molecule has 6 heterocycles. The molecule has 65 heavy (non-hydrogen) atoms. The van der Waals surface area contributed by atoms with Gasteiger partial charge in [0, 0.05) is 64.9 Å². The summed E-state index contributed by atoms with van der Waals surface area (Å²) in [7, 11) is 5.20. The predicted octanol–water partition coefficient (Wildman–Crippen LogP) is 8.89. The lowest BCUT2D eigenvalue weighted by molar-refractivity contribution is 0.000172. The third-order valence-electron chi connectivity index (χ3n) is 13.2. The van der Waals surface area contributed by atoms with Gasteiger partial charge in [0.2, 0.25) is 0 Å². The number of benzene rings is 2. The zero-order valence-corrected chi connectivity index (χ0v) is 38.6. The van der Waals surface area contributed by atoms with Crippen LogP contribution in [0, 0.1) is 18.7 Å². The van der Waals surface area contributed by atoms with Crippen LogP contribution in [0.3, 0.4) is 0 Å². The average molecular weight is 891 g/mol. The first-order chi connectivity index (χ1) is 31.2. The molecule has 5 aromatic rings. The quantitative estimate of drug-likeness (QED) is 0.0999. The second-order valence-electron chi connectivity index (χ2n) is 19.4. The number of likely N-dealkylation sites (tertiary alicyclic amines) is 1. The number of fused-ring (bicyclic) bond motifs is 2. The van der Waals surface area contributed by atoms with Crippen LogP contribution in [-0.4, -0.2) is 114 Å². The fourth-order valence-electron chi connectivity index (χ4n) is 9.84. The molecule has 0 bridgehead atoms. The van der Waals surface area contributed by atoms with Crippen molar-refractivity contribution in [3.8, 4) is 28.9 Å². The van der Waals surface area contributed by atoms with Crippen molar-refractivity contribution in [1.29, 1.82) is 0 Å². The van der Waals surface area contributed by atoms with E-state index in [-0.39, 0.29) is 41.8 Å². The Morgan fingerprint density at radius 2 is 1.58 bits per heavy atom. The van der Waals surface area contributed by atoms with E-state index in [0.29, 0.717) is 68.4 Å². The number of methoxy groups -OCH3 is 2. The zero-order valence-electron chi connectivity index (χ0n) is 38.6. The molecule has 2 atom stereocenters. The molecule has 13 nitrogen and oxygen atoms in total. The highest BCUT2D eigenvalue weighted by molar-refractivity contribution is 5.92. The third-order valence-corrected chi connectivity index (χ3v) is 13.2. The molecule has 3 saturated heterocycles. The summed E-state index contributed by atoms with van der Waals surface area (Å²) >= 11 is 0. The van der Waals surface area contributed by atoms with Crippen molar-refractivity contribution in [1.82, 2.24) is 29.7 Å². The highest BCUT2D eigenvalue weighted by Gasteiger charge is 2.49. The van der Waals surface area contributed by atoms with Crippen LogP contribution < -0.4 is 24.0 Å². The SMILES string of the molecule is COc1ccc(CN(Cc2ccc(OC)cc2)c2cc(C)c(C3CC3)c(-c3ncc4c(N(C)CC5CN(C(=O)OC(C)(C)C)C5)nc(OC[C@@]56CCCN5C[C@H](F)C6)nc4c3F)n2)cc1. The van der Waals surface area contributed by atoms with Gasteiger partial charge in [-0.1, -0.05) is 24.3 Å². The first-order valence-corrected chi connectivity index (χ1v) is 22.8. The number of aryl methyl sites for hydroxylation is 1. The maximum Gasteiger partial charge on any atom is 0.410 e. The normalized spacial score (nSPS) is 19.8. The topological polar surface area (TPSA) is 119 Å². The Balaban J connectivity index is 1.09. The standard InChI is InChI=1S/C50H60F2N8O5/c1-31-21-40(58(25-32-9-15-37(62-6)16-10-32)26-33-11-17-38(63-7)18-12-33)54-44(41(31)35-13-14-35)45-42(52)43-39(23-53-45)46(57(5)24-34-27-59(28-34)48(61)65-49(2,3)4)56-47(55-43)64-30-50-19-8-20-60(50)29-36(51)22-50/h9-12,15-18,21,23,34-36H,8,13-14,19-20,22,24-30H2,1-7H3/t36-,50+/m1/s1. The Hall–Kier alpha value is -5.83. The Kier molecular flexibility index (Phi) is 12.2. The maximum absolute atomic E-state index is 17.7. The first kappa shape index (κ1) is 44.4. The van der Waals surface area contributed by atoms with Gasteiger partial charge in [0.15, 0.2) is 5.82 Å². The molecule has 0 unspecified atom stereocenters. The fraction of sp³-hybridized carbons (Fsp3) is 0.500. The van der Waals surface area contributed by atoms with Gasteiger partial charge in [0.25, 0.3) is 0 Å². The summed E-state index contributed by atoms with van der Waals surface area (Å²) in [5, 5.41) is 0.427. The van der Waals surface area contributed by atoms with Crippen LogP contribution in [0.5, 0.6) is 17.5 Å². The van der Waals surface area contributed by atoms with Crippen LogP contribution in [0.4, 0.5) is 25.2 Å². The minimum absolute atomic E-state index is 0.0217. The highest BCUT2D eigenvalue weighted by atomic mass is 19.1. The number of anilines is 2. The number of nitrogens with zero attached hydrogens (tertiary/aromatic N) is 8. The molecular weight excluding hydrogens is 831 g/mol. The minimum Gasteiger partial charge on any atom is -0.497 e. The lowest BCUT2D eigenvalue weighted by Gasteiger charge is -2.41. The fourth-order valence-corrected chi connectivity index (χ4v) is 9.84. The summed E-state index contributed by atoms with van der Waals surface area (Å²) < 4.78 is 55.4. The number of halogens is 2. The first-order valence-electron chi connectivity index (χ1n) is 22.8. The Morgan fingerprint density at radius 1 is 0.923 bits per heavy atom. The summed E-state index contributed by atoms with van der Waals surface area (Å²) in [6, 6.07) is 18.1. The van der Waals surface area contributed by atoms with Crippen molar-refractivity contribution in [3.05, 3.63) is 88.9 Å². The lowest BCUT2D eigenvalue weighted by Crippen LogP contribution is -2.54. The number of carbonyl (C=O) groups excluding carboxylic acids is 1. The van der Waals surface area contributed by atoms with Crippen molar-refractivity contribution >= 4 is 28.6 Å². The summed E-state index contributed by atoms with van der Waals surface area (Å²) in [6.07, 6.45) is 4.48. The second-order valence-corrected chi connectivity index (χ2v) is 19.4. The zero-order chi connectivity index (χ0) is 45.6. The van der Waals surface area contributed by atoms with Gasteiger partial charge in [0.05, 0.1) is 30.8 Å². The Labute approximate surface area is 380 Å². The number of amides is 1. The predicted molar refractivity (Wildman–Crippen MR) is 246 cm³/mol. The van der Waals surface area contributed by atoms with Gasteiger partial charge in [-0.05, 0) is 118 Å². The molecule has 1 saturated carbocycles. The molecule has 15 heteroatoms. The summed E-state index contributed by atoms with van der Waals surface area (Å²) in [6.45, 7) is 11.6. The number of hydrogen-bond acceptors (Lipinski definition) is 12. The van der Waals surface area contributed by atoms with Crippen LogP contribution in [0.1, 0.15) is 81.0 Å². The molecular formula is C50H60F2N8O5. The maximum atomic E-state index is 17.7. The molecule has 2 aromatic carbocycles. The van der Waals surface area contributed by atoms with Gasteiger partial charge in [0.1, 0.15) is 52.7 Å². The van der Waals surface area contributed by atoms with E-state index >= 15 is 4.39 Å². The van der Waals surface area contributed by atoms with Gasteiger partial charge in [-0.25, -0.2) is 18.6 Å². The van der Waals surface area contributed by atoms with Crippen molar-refractivity contribution < 1.29 is 32.5 Å². The molecule has 344 valence electrons. The van der Waals surface area contributed by atoms with E-state index < -0.39 is 23.1 Å². The molecule has 3 aromatic heterocycles. The monoisotopic (exact) mass is 890 g/mol. The van der Waals surface area contributed by atoms with Gasteiger partial charge in [-0.15, -0.1) is 0 Å². The van der Waals surface area contributed by atoms with Gasteiger partial charge >= 0.3 is 12.1 Å². The van der Waals surface area contributed by atoms with E-state index in [4.69, 9.17) is 38.9 Å². The third kappa shape index (κ3) is 9.48. The van der Waals surface area contributed by atoms with Gasteiger partial charge in [-0.3, -0.25) is 9.88 Å². The number of hydrogen-bond donors (Lipinski definition) is 0. The molecule has 9 rings (SSSR count). The lowest BCUT2D eigenvalue weighted by atomic mass is 9.95. The minimum atomic E-state index is -0.928. The Bertz CT molecular complexity index is 2480. The molecule has 0 N–H and O–H groups in total. The largest absolute Gasteiger partial charge is 0.497 e. The van der Waals surface area contributed by atoms with E-state index in [1.807, 2.05) is 81.2 Å². The molecule has 1 amide bonds. The van der Waals surface area contributed by atoms with E-state index in [2.05, 4.69) is 22.8 Å². The van der Waals surface area contributed by atoms with Crippen LogP contribution in [0.2, 0.25) is 0 Å². The van der Waals surface area contributed by atoms with Crippen LogP contribution in [0.15, 0.2) is 60.8 Å². The number of aromatic nitrogens is 4. The Morgan fingerprint density at radius 3 is 2.20 bits per heavy atom. The summed E-state index contributed by atoms with van der Waals surface area (Å²) in [5.41, 5.74) is 3.74. The summed E-state index contributed by atoms with van der Waals surface area (Å²) in [5.74, 6) is 2.42. The molecule has 1 aliphatic carbocycles. The highest BCUT2D eigenvalue weighted by Crippen LogP contribution is 2.47. The van der Waals surface area contributed by atoms with Crippen LogP contribution in [-0.2, 0) is 17.8 Å². The van der Waals surface area contributed by atoms with Crippen molar-refractivity contribution in [2.24, 2.45) is 5.92 Å². The smallest absolute Gasteiger partial charge is 0.410 e. The van der Waals surface area contributed by atoms with E-state index in [1.165, 1.54) is 0 Å². The number of carbonyl (C=O) groups is 1. The number of pyridine rings is 2. The van der Waals surface area contributed by atoms with Crippen molar-refractivity contribution in [2.45, 2.75) is 96.1 Å². The molecule has 4 aliphatic rings. The molecule has 3 aliphatic heterocycles. The van der Waals surface area contributed by atoms with Gasteiger partial charge < -0.3 is 33.6 Å². The van der Waals surface area contributed by atoms with E-state index in [1.54, 1.807) is 25.3 Å². The van der Waals surface area contributed by atoms with Crippen molar-refractivity contribution in [2.75, 3.05) is 70.4 Å². The second kappa shape index (κ2) is 17.9. The van der Waals surface area contributed by atoms with Crippen LogP contribution in [0.25, 0.3) is 22.3 Å². The number of alkyl halides is 1. The van der Waals surface area contributed by atoms with E-state index in [9.17, 15) is 9.18 Å². The average Bonchev–Trinajstić information content (AvgIpc) is 3.95. The van der Waals surface area contributed by atoms with Crippen molar-refractivity contribution in [3.63, 3.8) is 0 Å². The number of ether oxygens (including phenoxy) is 4. The molecule has 0 spiro atoms.